The molecule has 0 spiro atoms. The second-order valence-corrected chi connectivity index (χ2v) is 10.2. The van der Waals surface area contributed by atoms with Crippen LogP contribution in [0.2, 0.25) is 0 Å². The van der Waals surface area contributed by atoms with Gasteiger partial charge in [0.1, 0.15) is 0 Å². The standard InChI is InChI=1S/C24H27N3OS2/c28-23(17-26-14-6-11-20(26)22-13-7-15-29-22)27(16-18-8-2-1-3-9-18)24-25-19-10-4-5-12-21(19)30-24/h1-3,7-9,13,15,20H,4-6,10-12,14,16-17H2. The third-order valence-electron chi connectivity index (χ3n) is 6.12. The van der Waals surface area contributed by atoms with Crippen molar-refractivity contribution in [2.24, 2.45) is 0 Å². The van der Waals surface area contributed by atoms with Gasteiger partial charge in [-0.05, 0) is 62.1 Å². The number of anilines is 1. The van der Waals surface area contributed by atoms with E-state index in [1.165, 1.54) is 28.3 Å². The Hall–Kier alpha value is -2.02. The monoisotopic (exact) mass is 437 g/mol. The third-order valence-corrected chi connectivity index (χ3v) is 8.28. The molecule has 1 aromatic carbocycles. The van der Waals surface area contributed by atoms with Crippen LogP contribution >= 0.6 is 22.7 Å². The largest absolute Gasteiger partial charge is 0.287 e. The van der Waals surface area contributed by atoms with E-state index < -0.39 is 0 Å². The van der Waals surface area contributed by atoms with Crippen LogP contribution in [0.3, 0.4) is 0 Å². The van der Waals surface area contributed by atoms with Crippen molar-refractivity contribution in [1.82, 2.24) is 9.88 Å². The molecule has 30 heavy (non-hydrogen) atoms. The topological polar surface area (TPSA) is 36.4 Å². The highest BCUT2D eigenvalue weighted by Gasteiger charge is 2.31. The number of aromatic nitrogens is 1. The Kier molecular flexibility index (Phi) is 5.97. The van der Waals surface area contributed by atoms with Crippen LogP contribution in [0.1, 0.15) is 52.7 Å². The molecule has 6 heteroatoms. The zero-order valence-corrected chi connectivity index (χ0v) is 18.8. The highest BCUT2D eigenvalue weighted by molar-refractivity contribution is 7.16. The van der Waals surface area contributed by atoms with Crippen LogP contribution in [0, 0.1) is 0 Å². The van der Waals surface area contributed by atoms with Crippen LogP contribution in [-0.2, 0) is 24.2 Å². The minimum Gasteiger partial charge on any atom is -0.287 e. The lowest BCUT2D eigenvalue weighted by atomic mass is 10.0. The molecule has 1 aliphatic carbocycles. The number of carbonyl (C=O) groups is 1. The number of nitrogens with zero attached hydrogens (tertiary/aromatic N) is 3. The molecule has 1 aliphatic heterocycles. The number of carbonyl (C=O) groups excluding carboxylic acids is 1. The summed E-state index contributed by atoms with van der Waals surface area (Å²) in [6.45, 7) is 2.03. The van der Waals surface area contributed by atoms with E-state index in [1.54, 1.807) is 22.7 Å². The summed E-state index contributed by atoms with van der Waals surface area (Å²) in [5, 5.41) is 3.01. The molecule has 1 atom stereocenters. The Balaban J connectivity index is 1.39. The number of aryl methyl sites for hydroxylation is 2. The van der Waals surface area contributed by atoms with Gasteiger partial charge in [-0.3, -0.25) is 14.6 Å². The Morgan fingerprint density at radius 3 is 2.77 bits per heavy atom. The van der Waals surface area contributed by atoms with Crippen LogP contribution in [-0.4, -0.2) is 28.9 Å². The molecular formula is C24H27N3OS2. The zero-order chi connectivity index (χ0) is 20.3. The summed E-state index contributed by atoms with van der Waals surface area (Å²) in [6, 6.07) is 15.0. The lowest BCUT2D eigenvalue weighted by Crippen LogP contribution is -2.40. The Labute approximate surface area is 186 Å². The normalized spacial score (nSPS) is 19.0. The SMILES string of the molecule is O=C(CN1CCCC1c1cccs1)N(Cc1ccccc1)c1nc2c(s1)CCCC2. The average Bonchev–Trinajstić information content (AvgIpc) is 3.52. The van der Waals surface area contributed by atoms with Gasteiger partial charge in [0.2, 0.25) is 5.91 Å². The number of hydrogen-bond donors (Lipinski definition) is 0. The predicted octanol–water partition coefficient (Wildman–Crippen LogP) is 5.45. The number of rotatable bonds is 6. The van der Waals surface area contributed by atoms with Gasteiger partial charge in [-0.1, -0.05) is 36.4 Å². The first-order valence-electron chi connectivity index (χ1n) is 10.9. The van der Waals surface area contributed by atoms with Crippen LogP contribution in [0.5, 0.6) is 0 Å². The van der Waals surface area contributed by atoms with Crippen molar-refractivity contribution in [3.8, 4) is 0 Å². The first-order valence-corrected chi connectivity index (χ1v) is 12.6. The molecule has 1 amide bonds. The summed E-state index contributed by atoms with van der Waals surface area (Å²) in [5.41, 5.74) is 2.36. The third kappa shape index (κ3) is 4.22. The van der Waals surface area contributed by atoms with Gasteiger partial charge in [-0.25, -0.2) is 4.98 Å². The van der Waals surface area contributed by atoms with Gasteiger partial charge >= 0.3 is 0 Å². The summed E-state index contributed by atoms with van der Waals surface area (Å²) in [7, 11) is 0. The fraction of sp³-hybridized carbons (Fsp3) is 0.417. The highest BCUT2D eigenvalue weighted by atomic mass is 32.1. The minimum atomic E-state index is 0.161. The summed E-state index contributed by atoms with van der Waals surface area (Å²) in [6.07, 6.45) is 6.88. The maximum atomic E-state index is 13.6. The first-order chi connectivity index (χ1) is 14.8. The molecular weight excluding hydrogens is 410 g/mol. The van der Waals surface area contributed by atoms with Crippen molar-refractivity contribution in [3.05, 3.63) is 68.9 Å². The molecule has 2 aliphatic rings. The van der Waals surface area contributed by atoms with E-state index in [0.29, 0.717) is 19.1 Å². The van der Waals surface area contributed by atoms with Crippen molar-refractivity contribution >= 4 is 33.7 Å². The number of thiophene rings is 1. The lowest BCUT2D eigenvalue weighted by Gasteiger charge is -2.27. The van der Waals surface area contributed by atoms with Crippen LogP contribution in [0.4, 0.5) is 5.13 Å². The first kappa shape index (κ1) is 19.9. The molecule has 5 rings (SSSR count). The Morgan fingerprint density at radius 2 is 1.97 bits per heavy atom. The molecule has 2 aromatic heterocycles. The molecule has 156 valence electrons. The van der Waals surface area contributed by atoms with E-state index in [0.717, 1.165) is 42.9 Å². The lowest BCUT2D eigenvalue weighted by molar-refractivity contribution is -0.120. The number of thiazole rings is 1. The molecule has 0 radical (unpaired) electrons. The quantitative estimate of drug-likeness (QED) is 0.514. The number of fused-ring (bicyclic) bond motifs is 1. The molecule has 1 fully saturated rings. The van der Waals surface area contributed by atoms with Crippen molar-refractivity contribution in [3.63, 3.8) is 0 Å². The second kappa shape index (κ2) is 9.00. The highest BCUT2D eigenvalue weighted by Crippen LogP contribution is 2.36. The smallest absolute Gasteiger partial charge is 0.243 e. The van der Waals surface area contributed by atoms with Crippen molar-refractivity contribution in [2.45, 2.75) is 51.1 Å². The summed E-state index contributed by atoms with van der Waals surface area (Å²) >= 11 is 3.52. The molecule has 1 saturated heterocycles. The molecule has 0 N–H and O–H groups in total. The summed E-state index contributed by atoms with van der Waals surface area (Å²) < 4.78 is 0. The molecule has 0 saturated carbocycles. The number of benzene rings is 1. The van der Waals surface area contributed by atoms with E-state index in [-0.39, 0.29) is 5.91 Å². The molecule has 1 unspecified atom stereocenters. The molecule has 4 nitrogen and oxygen atoms in total. The molecule has 3 heterocycles. The molecule has 3 aromatic rings. The number of hydrogen-bond acceptors (Lipinski definition) is 5. The number of likely N-dealkylation sites (tertiary alicyclic amines) is 1. The Morgan fingerprint density at radius 1 is 1.10 bits per heavy atom. The van der Waals surface area contributed by atoms with Gasteiger partial charge in [0.05, 0.1) is 18.8 Å². The van der Waals surface area contributed by atoms with E-state index >= 15 is 0 Å². The maximum Gasteiger partial charge on any atom is 0.243 e. The van der Waals surface area contributed by atoms with E-state index in [4.69, 9.17) is 4.98 Å². The van der Waals surface area contributed by atoms with Crippen LogP contribution in [0.15, 0.2) is 47.8 Å². The average molecular weight is 438 g/mol. The summed E-state index contributed by atoms with van der Waals surface area (Å²) in [5.74, 6) is 0.161. The second-order valence-electron chi connectivity index (χ2n) is 8.18. The van der Waals surface area contributed by atoms with Gasteiger partial charge in [0.15, 0.2) is 5.13 Å². The fourth-order valence-electron chi connectivity index (χ4n) is 4.56. The summed E-state index contributed by atoms with van der Waals surface area (Å²) in [4.78, 5) is 25.5. The van der Waals surface area contributed by atoms with E-state index in [1.807, 2.05) is 23.1 Å². The maximum absolute atomic E-state index is 13.6. The van der Waals surface area contributed by atoms with Gasteiger partial charge in [-0.15, -0.1) is 22.7 Å². The Bertz CT molecular complexity index is 960. The number of amides is 1. The van der Waals surface area contributed by atoms with Gasteiger partial charge in [-0.2, -0.15) is 0 Å². The van der Waals surface area contributed by atoms with Crippen molar-refractivity contribution in [2.75, 3.05) is 18.0 Å². The van der Waals surface area contributed by atoms with Crippen LogP contribution < -0.4 is 4.90 Å². The zero-order valence-electron chi connectivity index (χ0n) is 17.1. The van der Waals surface area contributed by atoms with E-state index in [2.05, 4.69) is 34.5 Å². The fourth-order valence-corrected chi connectivity index (χ4v) is 6.62. The molecule has 0 bridgehead atoms. The predicted molar refractivity (Wildman–Crippen MR) is 124 cm³/mol. The van der Waals surface area contributed by atoms with Gasteiger partial charge in [0.25, 0.3) is 0 Å². The van der Waals surface area contributed by atoms with Gasteiger partial charge in [0, 0.05) is 15.8 Å². The van der Waals surface area contributed by atoms with E-state index in [9.17, 15) is 4.79 Å². The van der Waals surface area contributed by atoms with Crippen LogP contribution in [0.25, 0.3) is 0 Å². The van der Waals surface area contributed by atoms with Gasteiger partial charge < -0.3 is 0 Å². The van der Waals surface area contributed by atoms with Crippen molar-refractivity contribution < 1.29 is 4.79 Å². The van der Waals surface area contributed by atoms with Crippen molar-refractivity contribution in [1.29, 1.82) is 0 Å². The minimum absolute atomic E-state index is 0.161.